The number of hydrogen-bond donors (Lipinski definition) is 1. The maximum absolute atomic E-state index is 12.0. The monoisotopic (exact) mass is 598 g/mol. The Labute approximate surface area is 218 Å². The molecule has 35 heavy (non-hydrogen) atoms. The molecule has 5 nitrogen and oxygen atoms in total. The summed E-state index contributed by atoms with van der Waals surface area (Å²) in [5, 5.41) is 10.8. The molecule has 0 aromatic heterocycles. The van der Waals surface area contributed by atoms with Crippen molar-refractivity contribution >= 4 is 36.5 Å². The fourth-order valence-electron chi connectivity index (χ4n) is 4.60. The second kappa shape index (κ2) is 17.7. The topological polar surface area (TPSA) is 80.7 Å². The Hall–Kier alpha value is -1.70. The molecule has 0 radical (unpaired) electrons. The molecular formula is C29H43IO5. The number of carboxylic acids is 1. The van der Waals surface area contributed by atoms with E-state index in [1.165, 1.54) is 83.5 Å². The van der Waals surface area contributed by atoms with E-state index < -0.39 is 25.8 Å². The van der Waals surface area contributed by atoms with Crippen LogP contribution in [0.5, 0.6) is 5.75 Å². The molecule has 0 bridgehead atoms. The summed E-state index contributed by atoms with van der Waals surface area (Å²) in [7, 11) is 0. The van der Waals surface area contributed by atoms with E-state index in [2.05, 4.69) is 6.92 Å². The third-order valence-corrected chi connectivity index (χ3v) is 8.53. The lowest BCUT2D eigenvalue weighted by Crippen LogP contribution is -2.06. The Morgan fingerprint density at radius 3 is 1.74 bits per heavy atom. The summed E-state index contributed by atoms with van der Waals surface area (Å²) < 4.78 is 29.6. The average Bonchev–Trinajstić information content (AvgIpc) is 2.84. The van der Waals surface area contributed by atoms with Crippen molar-refractivity contribution in [3.05, 3.63) is 39.5 Å². The standard InChI is InChI=1S/C29H43IO5/c1-2-3-4-5-6-7-8-9-10-11-12-13-14-15-16-19-22-35-26-23-24-20-17-18-21-25(24)27(29(31)32)28(26)30(33)34/h17-18,20-21,23H,2-16,19,22H2,1H3,(H,31,32). The largest absolute Gasteiger partial charge is 0.492 e. The van der Waals surface area contributed by atoms with Crippen molar-refractivity contribution < 1.29 is 20.8 Å². The van der Waals surface area contributed by atoms with Gasteiger partial charge < -0.3 is 9.84 Å². The molecule has 0 aliphatic heterocycles. The summed E-state index contributed by atoms with van der Waals surface area (Å²) in [6.45, 7) is 2.66. The molecule has 0 aliphatic rings. The van der Waals surface area contributed by atoms with E-state index in [1.54, 1.807) is 30.3 Å². The predicted molar refractivity (Wildman–Crippen MR) is 150 cm³/mol. The number of hydrogen-bond acceptors (Lipinski definition) is 4. The van der Waals surface area contributed by atoms with Gasteiger partial charge in [-0.2, -0.15) is 0 Å². The van der Waals surface area contributed by atoms with Gasteiger partial charge in [0, 0.05) is 0 Å². The first-order valence-corrected chi connectivity index (χ1v) is 16.4. The fraction of sp³-hybridized carbons (Fsp3) is 0.621. The molecule has 0 fully saturated rings. The van der Waals surface area contributed by atoms with E-state index in [4.69, 9.17) is 4.74 Å². The van der Waals surface area contributed by atoms with Gasteiger partial charge in [-0.3, -0.25) is 0 Å². The maximum atomic E-state index is 12.0. The van der Waals surface area contributed by atoms with Crippen molar-refractivity contribution in [1.29, 1.82) is 0 Å². The number of rotatable bonds is 20. The van der Waals surface area contributed by atoms with Gasteiger partial charge in [-0.1, -0.05) is 128 Å². The molecule has 2 rings (SSSR count). The number of halogens is 1. The van der Waals surface area contributed by atoms with Crippen LogP contribution in [0, 0.1) is 3.57 Å². The molecule has 0 spiro atoms. The first-order chi connectivity index (χ1) is 17.1. The third-order valence-electron chi connectivity index (χ3n) is 6.58. The molecule has 2 aromatic rings. The molecule has 0 atom stereocenters. The van der Waals surface area contributed by atoms with Gasteiger partial charge in [0.1, 0.15) is 9.32 Å². The van der Waals surface area contributed by atoms with Gasteiger partial charge >= 0.3 is 25.8 Å². The Morgan fingerprint density at radius 2 is 1.26 bits per heavy atom. The second-order valence-electron chi connectivity index (χ2n) is 9.46. The van der Waals surface area contributed by atoms with E-state index in [-0.39, 0.29) is 14.9 Å². The number of aromatic carboxylic acids is 1. The Morgan fingerprint density at radius 1 is 0.771 bits per heavy atom. The predicted octanol–water partition coefficient (Wildman–Crippen LogP) is 9.55. The molecule has 0 saturated heterocycles. The normalized spacial score (nSPS) is 11.4. The zero-order valence-electron chi connectivity index (χ0n) is 21.4. The van der Waals surface area contributed by atoms with Crippen molar-refractivity contribution in [3.8, 4) is 5.75 Å². The van der Waals surface area contributed by atoms with Crippen LogP contribution in [0.15, 0.2) is 30.3 Å². The van der Waals surface area contributed by atoms with Crippen molar-refractivity contribution in [3.63, 3.8) is 0 Å². The number of ether oxygens (including phenoxy) is 1. The van der Waals surface area contributed by atoms with Crippen LogP contribution < -0.4 is 4.74 Å². The zero-order chi connectivity index (χ0) is 25.3. The van der Waals surface area contributed by atoms with Crippen LogP contribution >= 0.6 is 19.8 Å². The minimum absolute atomic E-state index is 0.142. The Balaban J connectivity index is 1.60. The van der Waals surface area contributed by atoms with Crippen LogP contribution in [0.4, 0.5) is 0 Å². The smallest absolute Gasteiger partial charge is 0.345 e. The summed E-state index contributed by atoms with van der Waals surface area (Å²) in [6, 6.07) is 8.59. The van der Waals surface area contributed by atoms with Crippen molar-refractivity contribution in [2.45, 2.75) is 110 Å². The van der Waals surface area contributed by atoms with Crippen LogP contribution in [-0.4, -0.2) is 17.7 Å². The molecule has 0 amide bonds. The van der Waals surface area contributed by atoms with Crippen LogP contribution in [0.3, 0.4) is 0 Å². The number of carbonyl (C=O) groups is 1. The van der Waals surface area contributed by atoms with E-state index in [1.807, 2.05) is 0 Å². The van der Waals surface area contributed by atoms with Gasteiger partial charge in [-0.15, -0.1) is 0 Å². The highest BCUT2D eigenvalue weighted by atomic mass is 127. The SMILES string of the molecule is CCCCCCCCCCCCCCCCCCOc1cc2ccccc2c(C(=O)O)c1I(=O)=O. The van der Waals surface area contributed by atoms with Gasteiger partial charge in [0.2, 0.25) is 0 Å². The molecule has 196 valence electrons. The van der Waals surface area contributed by atoms with Gasteiger partial charge in [0.05, 0.1) is 12.2 Å². The van der Waals surface area contributed by atoms with E-state index >= 15 is 0 Å². The van der Waals surface area contributed by atoms with Crippen molar-refractivity contribution in [2.24, 2.45) is 0 Å². The second-order valence-corrected chi connectivity index (χ2v) is 11.8. The van der Waals surface area contributed by atoms with Gasteiger partial charge in [0.25, 0.3) is 0 Å². The fourth-order valence-corrected chi connectivity index (χ4v) is 6.30. The van der Waals surface area contributed by atoms with Crippen molar-refractivity contribution in [1.82, 2.24) is 0 Å². The zero-order valence-corrected chi connectivity index (χ0v) is 23.5. The summed E-state index contributed by atoms with van der Waals surface area (Å²) in [4.78, 5) is 11.8. The molecule has 0 saturated carbocycles. The number of benzene rings is 2. The summed E-state index contributed by atoms with van der Waals surface area (Å²) >= 11 is -4.06. The van der Waals surface area contributed by atoms with E-state index in [9.17, 15) is 16.0 Å². The molecule has 0 unspecified atom stereocenters. The first kappa shape index (κ1) is 29.5. The average molecular weight is 599 g/mol. The quantitative estimate of drug-likeness (QED) is 0.121. The number of carboxylic acid groups (broad SMARTS) is 1. The highest BCUT2D eigenvalue weighted by molar-refractivity contribution is 14.2. The summed E-state index contributed by atoms with van der Waals surface area (Å²) in [5.41, 5.74) is -0.166. The lowest BCUT2D eigenvalue weighted by Gasteiger charge is -2.12. The maximum Gasteiger partial charge on any atom is 0.345 e. The molecule has 2 aromatic carbocycles. The minimum atomic E-state index is -4.06. The van der Waals surface area contributed by atoms with Crippen LogP contribution in [-0.2, 0) is 6.14 Å². The Kier molecular flexibility index (Phi) is 14.9. The number of unbranched alkanes of at least 4 members (excludes halogenated alkanes) is 15. The van der Waals surface area contributed by atoms with Crippen LogP contribution in [0.1, 0.15) is 120 Å². The highest BCUT2D eigenvalue weighted by Gasteiger charge is 2.23. The van der Waals surface area contributed by atoms with Crippen LogP contribution in [0.2, 0.25) is 0 Å². The minimum Gasteiger partial charge on any atom is -0.492 e. The number of fused-ring (bicyclic) bond motifs is 1. The lowest BCUT2D eigenvalue weighted by molar-refractivity contribution is 0.0697. The lowest BCUT2D eigenvalue weighted by atomic mass is 10.0. The van der Waals surface area contributed by atoms with E-state index in [0.29, 0.717) is 17.4 Å². The van der Waals surface area contributed by atoms with Gasteiger partial charge in [0.15, 0.2) is 0 Å². The molecule has 0 aliphatic carbocycles. The Bertz CT molecular complexity index is 959. The highest BCUT2D eigenvalue weighted by Crippen LogP contribution is 2.37. The summed E-state index contributed by atoms with van der Waals surface area (Å²) in [5.74, 6) is -1.06. The molecular weight excluding hydrogens is 555 g/mol. The molecule has 0 heterocycles. The molecule has 1 N–H and O–H groups in total. The van der Waals surface area contributed by atoms with E-state index in [0.717, 1.165) is 19.3 Å². The van der Waals surface area contributed by atoms with Gasteiger partial charge in [-0.05, 0) is 23.3 Å². The van der Waals surface area contributed by atoms with Crippen molar-refractivity contribution in [2.75, 3.05) is 6.61 Å². The third kappa shape index (κ3) is 10.8. The molecule has 6 heteroatoms. The van der Waals surface area contributed by atoms with Crippen LogP contribution in [0.25, 0.3) is 10.8 Å². The summed E-state index contributed by atoms with van der Waals surface area (Å²) in [6.07, 6.45) is 20.6. The van der Waals surface area contributed by atoms with Gasteiger partial charge in [-0.25, -0.2) is 10.9 Å². The first-order valence-electron chi connectivity index (χ1n) is 13.5.